The van der Waals surface area contributed by atoms with Crippen LogP contribution in [0.4, 0.5) is 11.6 Å². The average Bonchev–Trinajstić information content (AvgIpc) is 2.38. The van der Waals surface area contributed by atoms with Crippen molar-refractivity contribution in [1.82, 2.24) is 9.97 Å². The molecule has 0 bridgehead atoms. The number of anilines is 2. The molecule has 1 aliphatic heterocycles. The molecular weight excluding hydrogens is 224 g/mol. The van der Waals surface area contributed by atoms with Gasteiger partial charge in [-0.3, -0.25) is 0 Å². The fourth-order valence-electron chi connectivity index (χ4n) is 2.62. The summed E-state index contributed by atoms with van der Waals surface area (Å²) in [7, 11) is 0. The van der Waals surface area contributed by atoms with Gasteiger partial charge < -0.3 is 10.6 Å². The van der Waals surface area contributed by atoms with Crippen LogP contribution in [0.1, 0.15) is 39.4 Å². The van der Waals surface area contributed by atoms with E-state index in [1.165, 1.54) is 12.8 Å². The standard InChI is InChI=1S/C14H24N4/c1-4-13-16-12(15)9-14(17-13)18-7-5-11(6-8-18)10(2)3/h9-11H,4-8H2,1-3H3,(H2,15,16,17). The molecule has 0 spiro atoms. The highest BCUT2D eigenvalue weighted by molar-refractivity contribution is 5.47. The number of rotatable bonds is 3. The van der Waals surface area contributed by atoms with Gasteiger partial charge in [-0.1, -0.05) is 20.8 Å². The first kappa shape index (κ1) is 13.1. The van der Waals surface area contributed by atoms with Crippen LogP contribution < -0.4 is 10.6 Å². The fraction of sp³-hybridized carbons (Fsp3) is 0.714. The number of hydrogen-bond acceptors (Lipinski definition) is 4. The van der Waals surface area contributed by atoms with Gasteiger partial charge in [-0.2, -0.15) is 0 Å². The Morgan fingerprint density at radius 1 is 1.33 bits per heavy atom. The first-order valence-electron chi connectivity index (χ1n) is 6.98. The Morgan fingerprint density at radius 2 is 2.00 bits per heavy atom. The Balaban J connectivity index is 2.07. The van der Waals surface area contributed by atoms with E-state index in [0.717, 1.165) is 43.0 Å². The van der Waals surface area contributed by atoms with Crippen LogP contribution in [0.15, 0.2) is 6.07 Å². The molecule has 0 aromatic carbocycles. The van der Waals surface area contributed by atoms with E-state index in [0.29, 0.717) is 5.82 Å². The quantitative estimate of drug-likeness (QED) is 0.893. The van der Waals surface area contributed by atoms with E-state index in [-0.39, 0.29) is 0 Å². The van der Waals surface area contributed by atoms with Crippen LogP contribution in [0, 0.1) is 11.8 Å². The Bertz CT molecular complexity index is 395. The molecule has 2 N–H and O–H groups in total. The van der Waals surface area contributed by atoms with E-state index in [1.54, 1.807) is 0 Å². The third-order valence-corrected chi connectivity index (χ3v) is 3.90. The van der Waals surface area contributed by atoms with Crippen molar-refractivity contribution >= 4 is 11.6 Å². The molecule has 100 valence electrons. The number of hydrogen-bond donors (Lipinski definition) is 1. The van der Waals surface area contributed by atoms with Crippen molar-refractivity contribution in [1.29, 1.82) is 0 Å². The summed E-state index contributed by atoms with van der Waals surface area (Å²) in [6.07, 6.45) is 3.34. The second-order valence-corrected chi connectivity index (χ2v) is 5.49. The molecule has 0 radical (unpaired) electrons. The highest BCUT2D eigenvalue weighted by Crippen LogP contribution is 2.27. The first-order valence-corrected chi connectivity index (χ1v) is 6.98. The minimum absolute atomic E-state index is 0.586. The van der Waals surface area contributed by atoms with E-state index in [2.05, 4.69) is 35.6 Å². The summed E-state index contributed by atoms with van der Waals surface area (Å²) in [6, 6.07) is 1.90. The number of nitrogens with two attached hydrogens (primary N) is 1. The molecule has 0 atom stereocenters. The van der Waals surface area contributed by atoms with Gasteiger partial charge in [0.25, 0.3) is 0 Å². The zero-order chi connectivity index (χ0) is 13.1. The monoisotopic (exact) mass is 248 g/mol. The molecule has 1 aromatic heterocycles. The minimum atomic E-state index is 0.586. The van der Waals surface area contributed by atoms with E-state index < -0.39 is 0 Å². The Labute approximate surface area is 110 Å². The molecule has 2 rings (SSSR count). The van der Waals surface area contributed by atoms with Crippen LogP contribution in [-0.4, -0.2) is 23.1 Å². The van der Waals surface area contributed by atoms with Crippen molar-refractivity contribution in [3.63, 3.8) is 0 Å². The molecule has 1 fully saturated rings. The summed E-state index contributed by atoms with van der Waals surface area (Å²) in [5.41, 5.74) is 5.84. The van der Waals surface area contributed by atoms with Crippen molar-refractivity contribution in [3.8, 4) is 0 Å². The lowest BCUT2D eigenvalue weighted by Crippen LogP contribution is -2.36. The van der Waals surface area contributed by atoms with Gasteiger partial charge in [0.15, 0.2) is 0 Å². The molecule has 18 heavy (non-hydrogen) atoms. The third kappa shape index (κ3) is 2.92. The van der Waals surface area contributed by atoms with E-state index >= 15 is 0 Å². The van der Waals surface area contributed by atoms with E-state index in [1.807, 2.05) is 6.07 Å². The predicted octanol–water partition coefficient (Wildman–Crippen LogP) is 2.49. The van der Waals surface area contributed by atoms with Crippen LogP contribution >= 0.6 is 0 Å². The van der Waals surface area contributed by atoms with Crippen LogP contribution in [0.3, 0.4) is 0 Å². The number of aryl methyl sites for hydroxylation is 1. The molecular formula is C14H24N4. The maximum absolute atomic E-state index is 5.84. The Morgan fingerprint density at radius 3 is 2.56 bits per heavy atom. The minimum Gasteiger partial charge on any atom is -0.384 e. The molecule has 1 aliphatic rings. The second kappa shape index (κ2) is 5.55. The molecule has 0 unspecified atom stereocenters. The topological polar surface area (TPSA) is 55.0 Å². The largest absolute Gasteiger partial charge is 0.384 e. The predicted molar refractivity (Wildman–Crippen MR) is 75.6 cm³/mol. The molecule has 1 saturated heterocycles. The van der Waals surface area contributed by atoms with Gasteiger partial charge in [0, 0.05) is 25.6 Å². The number of piperidine rings is 1. The zero-order valence-electron chi connectivity index (χ0n) is 11.7. The zero-order valence-corrected chi connectivity index (χ0v) is 11.7. The second-order valence-electron chi connectivity index (χ2n) is 5.49. The lowest BCUT2D eigenvalue weighted by molar-refractivity contribution is 0.310. The molecule has 0 aliphatic carbocycles. The van der Waals surface area contributed by atoms with Crippen molar-refractivity contribution in [2.75, 3.05) is 23.7 Å². The molecule has 1 aromatic rings. The normalized spacial score (nSPS) is 17.4. The van der Waals surface area contributed by atoms with Gasteiger partial charge in [0.1, 0.15) is 17.5 Å². The van der Waals surface area contributed by atoms with Crippen molar-refractivity contribution in [3.05, 3.63) is 11.9 Å². The Kier molecular flexibility index (Phi) is 4.04. The van der Waals surface area contributed by atoms with E-state index in [4.69, 9.17) is 5.73 Å². The lowest BCUT2D eigenvalue weighted by atomic mass is 9.87. The smallest absolute Gasteiger partial charge is 0.134 e. The first-order chi connectivity index (χ1) is 8.60. The van der Waals surface area contributed by atoms with Crippen molar-refractivity contribution < 1.29 is 0 Å². The van der Waals surface area contributed by atoms with Gasteiger partial charge in [-0.15, -0.1) is 0 Å². The highest BCUT2D eigenvalue weighted by atomic mass is 15.2. The van der Waals surface area contributed by atoms with Crippen molar-refractivity contribution in [2.24, 2.45) is 11.8 Å². The summed E-state index contributed by atoms with van der Waals surface area (Å²) >= 11 is 0. The van der Waals surface area contributed by atoms with Crippen molar-refractivity contribution in [2.45, 2.75) is 40.0 Å². The molecule has 4 heteroatoms. The summed E-state index contributed by atoms with van der Waals surface area (Å²) < 4.78 is 0. The van der Waals surface area contributed by atoms with Gasteiger partial charge >= 0.3 is 0 Å². The van der Waals surface area contributed by atoms with Crippen LogP contribution in [0.25, 0.3) is 0 Å². The number of nitrogens with zero attached hydrogens (tertiary/aromatic N) is 3. The number of aromatic nitrogens is 2. The average molecular weight is 248 g/mol. The summed E-state index contributed by atoms with van der Waals surface area (Å²) in [5.74, 6) is 4.07. The maximum atomic E-state index is 5.84. The van der Waals surface area contributed by atoms with Gasteiger partial charge in [0.05, 0.1) is 0 Å². The SMILES string of the molecule is CCc1nc(N)cc(N2CCC(C(C)C)CC2)n1. The summed E-state index contributed by atoms with van der Waals surface area (Å²) in [4.78, 5) is 11.2. The number of nitrogen functional groups attached to an aromatic ring is 1. The summed E-state index contributed by atoms with van der Waals surface area (Å²) in [5, 5.41) is 0. The van der Waals surface area contributed by atoms with Gasteiger partial charge in [0.2, 0.25) is 0 Å². The molecule has 0 amide bonds. The van der Waals surface area contributed by atoms with Crippen LogP contribution in [0.5, 0.6) is 0 Å². The third-order valence-electron chi connectivity index (χ3n) is 3.90. The van der Waals surface area contributed by atoms with Gasteiger partial charge in [-0.05, 0) is 24.7 Å². The lowest BCUT2D eigenvalue weighted by Gasteiger charge is -2.34. The molecule has 2 heterocycles. The van der Waals surface area contributed by atoms with Crippen LogP contribution in [0.2, 0.25) is 0 Å². The highest BCUT2D eigenvalue weighted by Gasteiger charge is 2.22. The summed E-state index contributed by atoms with van der Waals surface area (Å²) in [6.45, 7) is 8.87. The maximum Gasteiger partial charge on any atom is 0.134 e. The molecule has 4 nitrogen and oxygen atoms in total. The van der Waals surface area contributed by atoms with Gasteiger partial charge in [-0.25, -0.2) is 9.97 Å². The van der Waals surface area contributed by atoms with Crippen LogP contribution in [-0.2, 0) is 6.42 Å². The molecule has 0 saturated carbocycles. The van der Waals surface area contributed by atoms with E-state index in [9.17, 15) is 0 Å². The fourth-order valence-corrected chi connectivity index (χ4v) is 2.62. The Hall–Kier alpha value is -1.32.